The van der Waals surface area contributed by atoms with Crippen LogP contribution in [-0.4, -0.2) is 26.8 Å². The molecule has 0 spiro atoms. The van der Waals surface area contributed by atoms with Crippen molar-refractivity contribution < 1.29 is 21.6 Å². The van der Waals surface area contributed by atoms with E-state index in [0.717, 1.165) is 0 Å². The molecular weight excluding hydrogens is 365 g/mol. The molecule has 0 saturated carbocycles. The molecule has 138 valence electrons. The molecule has 0 unspecified atom stereocenters. The van der Waals surface area contributed by atoms with Gasteiger partial charge in [-0.15, -0.1) is 0 Å². The highest BCUT2D eigenvalue weighted by atomic mass is 32.2. The third kappa shape index (κ3) is 3.52. The standard InChI is InChI=1S/C18H17F3N2O2S/c19-10-18(11-20)7-15(12-1-4-14(21)5-2-12)16(8-18)13-3-6-17(23-9-13)26(22,24)25/h1-6,9H,7-8,10-11H2,(H2,22,24,25). The number of hydrogen-bond acceptors (Lipinski definition) is 3. The molecule has 0 bridgehead atoms. The minimum Gasteiger partial charge on any atom is -0.250 e. The molecule has 2 N–H and O–H groups in total. The summed E-state index contributed by atoms with van der Waals surface area (Å²) in [6.45, 7) is -1.67. The second kappa shape index (κ2) is 6.85. The third-order valence-electron chi connectivity index (χ3n) is 4.60. The fraction of sp³-hybridized carbons (Fsp3) is 0.278. The van der Waals surface area contributed by atoms with Gasteiger partial charge in [-0.3, -0.25) is 8.78 Å². The fourth-order valence-electron chi connectivity index (χ4n) is 3.18. The highest BCUT2D eigenvalue weighted by molar-refractivity contribution is 7.89. The van der Waals surface area contributed by atoms with Crippen LogP contribution in [-0.2, 0) is 10.0 Å². The van der Waals surface area contributed by atoms with E-state index in [-0.39, 0.29) is 17.9 Å². The highest BCUT2D eigenvalue weighted by Crippen LogP contribution is 2.50. The summed E-state index contributed by atoms with van der Waals surface area (Å²) in [4.78, 5) is 3.84. The van der Waals surface area contributed by atoms with Gasteiger partial charge in [-0.2, -0.15) is 0 Å². The molecule has 4 nitrogen and oxygen atoms in total. The van der Waals surface area contributed by atoms with Crippen LogP contribution in [0.25, 0.3) is 11.1 Å². The van der Waals surface area contributed by atoms with Gasteiger partial charge in [-0.25, -0.2) is 22.9 Å². The molecule has 1 aromatic heterocycles. The molecule has 0 fully saturated rings. The molecule has 0 saturated heterocycles. The molecule has 26 heavy (non-hydrogen) atoms. The summed E-state index contributed by atoms with van der Waals surface area (Å²) in [5, 5.41) is 4.76. The molecule has 0 radical (unpaired) electrons. The largest absolute Gasteiger partial charge is 0.255 e. The minimum atomic E-state index is -3.93. The molecule has 8 heteroatoms. The monoisotopic (exact) mass is 382 g/mol. The highest BCUT2D eigenvalue weighted by Gasteiger charge is 2.40. The van der Waals surface area contributed by atoms with Crippen molar-refractivity contribution in [2.75, 3.05) is 13.3 Å². The van der Waals surface area contributed by atoms with Crippen LogP contribution >= 0.6 is 0 Å². The Labute approximate surface area is 149 Å². The van der Waals surface area contributed by atoms with Crippen LogP contribution in [0.4, 0.5) is 13.2 Å². The van der Waals surface area contributed by atoms with Crippen molar-refractivity contribution in [3.8, 4) is 0 Å². The van der Waals surface area contributed by atoms with Crippen molar-refractivity contribution >= 4 is 21.2 Å². The average molecular weight is 382 g/mol. The van der Waals surface area contributed by atoms with Crippen molar-refractivity contribution in [2.45, 2.75) is 17.9 Å². The number of alkyl halides is 2. The molecule has 1 heterocycles. The van der Waals surface area contributed by atoms with E-state index in [1.54, 1.807) is 12.1 Å². The van der Waals surface area contributed by atoms with Crippen LogP contribution in [0.15, 0.2) is 47.6 Å². The number of benzene rings is 1. The number of sulfonamides is 1. The lowest BCUT2D eigenvalue weighted by Crippen LogP contribution is -2.22. The minimum absolute atomic E-state index is 0.142. The number of primary sulfonamides is 1. The van der Waals surface area contributed by atoms with E-state index in [4.69, 9.17) is 5.14 Å². The predicted molar refractivity (Wildman–Crippen MR) is 92.4 cm³/mol. The van der Waals surface area contributed by atoms with Crippen molar-refractivity contribution in [1.82, 2.24) is 4.98 Å². The number of nitrogens with two attached hydrogens (primary N) is 1. The van der Waals surface area contributed by atoms with E-state index in [0.29, 0.717) is 22.3 Å². The van der Waals surface area contributed by atoms with E-state index in [1.807, 2.05) is 0 Å². The second-order valence-corrected chi connectivity index (χ2v) is 8.02. The molecule has 0 amide bonds. The molecule has 1 aliphatic carbocycles. The van der Waals surface area contributed by atoms with Crippen LogP contribution in [0, 0.1) is 11.2 Å². The average Bonchev–Trinajstić information content (AvgIpc) is 3.02. The van der Waals surface area contributed by atoms with E-state index in [1.165, 1.54) is 30.5 Å². The first-order valence-electron chi connectivity index (χ1n) is 7.87. The lowest BCUT2D eigenvalue weighted by Gasteiger charge is -2.22. The van der Waals surface area contributed by atoms with E-state index >= 15 is 0 Å². The Morgan fingerprint density at radius 1 is 0.962 bits per heavy atom. The summed E-state index contributed by atoms with van der Waals surface area (Å²) in [6, 6.07) is 8.45. The summed E-state index contributed by atoms with van der Waals surface area (Å²) >= 11 is 0. The Morgan fingerprint density at radius 3 is 1.96 bits per heavy atom. The van der Waals surface area contributed by atoms with Gasteiger partial charge in [0.2, 0.25) is 0 Å². The topological polar surface area (TPSA) is 73.1 Å². The summed E-state index contributed by atoms with van der Waals surface area (Å²) in [7, 11) is -3.93. The van der Waals surface area contributed by atoms with Gasteiger partial charge in [0, 0.05) is 11.6 Å². The molecule has 3 rings (SSSR count). The zero-order chi connectivity index (χ0) is 18.9. The maximum Gasteiger partial charge on any atom is 0.255 e. The SMILES string of the molecule is NS(=O)(=O)c1ccc(C2=C(c3ccc(F)cc3)CC(CF)(CF)C2)cn1. The van der Waals surface area contributed by atoms with E-state index < -0.39 is 34.6 Å². The number of nitrogens with zero attached hydrogens (tertiary/aromatic N) is 1. The number of rotatable bonds is 5. The van der Waals surface area contributed by atoms with Gasteiger partial charge in [-0.1, -0.05) is 18.2 Å². The van der Waals surface area contributed by atoms with E-state index in [2.05, 4.69) is 4.98 Å². The van der Waals surface area contributed by atoms with Crippen LogP contribution < -0.4 is 5.14 Å². The number of pyridine rings is 1. The van der Waals surface area contributed by atoms with Crippen molar-refractivity contribution in [2.24, 2.45) is 10.6 Å². The Hall–Kier alpha value is -2.19. The maximum absolute atomic E-state index is 13.6. The molecule has 0 aliphatic heterocycles. The number of allylic oxidation sites excluding steroid dienone is 2. The molecule has 1 aromatic carbocycles. The van der Waals surface area contributed by atoms with Crippen LogP contribution in [0.2, 0.25) is 0 Å². The molecule has 2 aromatic rings. The van der Waals surface area contributed by atoms with Gasteiger partial charge in [0.25, 0.3) is 10.0 Å². The second-order valence-electron chi connectivity index (χ2n) is 6.51. The van der Waals surface area contributed by atoms with Gasteiger partial charge < -0.3 is 0 Å². The first kappa shape index (κ1) is 18.6. The Bertz CT molecular complexity index is 935. The van der Waals surface area contributed by atoms with Crippen LogP contribution in [0.5, 0.6) is 0 Å². The Balaban J connectivity index is 2.09. The van der Waals surface area contributed by atoms with Gasteiger partial charge >= 0.3 is 0 Å². The first-order chi connectivity index (χ1) is 12.3. The quantitative estimate of drug-likeness (QED) is 0.860. The number of halogens is 3. The summed E-state index contributed by atoms with van der Waals surface area (Å²) in [5.74, 6) is -0.407. The lowest BCUT2D eigenvalue weighted by atomic mass is 9.85. The van der Waals surface area contributed by atoms with Crippen molar-refractivity contribution in [3.63, 3.8) is 0 Å². The Morgan fingerprint density at radius 2 is 1.50 bits per heavy atom. The van der Waals surface area contributed by atoms with Crippen molar-refractivity contribution in [3.05, 3.63) is 59.5 Å². The van der Waals surface area contributed by atoms with Gasteiger partial charge in [-0.05, 0) is 53.3 Å². The fourth-order valence-corrected chi connectivity index (χ4v) is 3.64. The third-order valence-corrected chi connectivity index (χ3v) is 5.43. The first-order valence-corrected chi connectivity index (χ1v) is 9.42. The maximum atomic E-state index is 13.6. The summed E-state index contributed by atoms with van der Waals surface area (Å²) in [5.41, 5.74) is 1.42. The smallest absolute Gasteiger partial charge is 0.250 e. The Kier molecular flexibility index (Phi) is 4.90. The van der Waals surface area contributed by atoms with Gasteiger partial charge in [0.05, 0.1) is 13.3 Å². The molecular formula is C18H17F3N2O2S. The predicted octanol–water partition coefficient (Wildman–Crippen LogP) is 3.50. The normalized spacial score (nSPS) is 16.9. The van der Waals surface area contributed by atoms with E-state index in [9.17, 15) is 21.6 Å². The van der Waals surface area contributed by atoms with Crippen LogP contribution in [0.3, 0.4) is 0 Å². The lowest BCUT2D eigenvalue weighted by molar-refractivity contribution is 0.170. The number of aromatic nitrogens is 1. The van der Waals surface area contributed by atoms with Crippen LogP contribution in [0.1, 0.15) is 24.0 Å². The number of hydrogen-bond donors (Lipinski definition) is 1. The van der Waals surface area contributed by atoms with Gasteiger partial charge in [0.1, 0.15) is 5.82 Å². The van der Waals surface area contributed by atoms with Gasteiger partial charge in [0.15, 0.2) is 5.03 Å². The summed E-state index contributed by atoms with van der Waals surface area (Å²) < 4.78 is 63.1. The van der Waals surface area contributed by atoms with Crippen molar-refractivity contribution in [1.29, 1.82) is 0 Å². The molecule has 0 atom stereocenters. The zero-order valence-electron chi connectivity index (χ0n) is 13.8. The molecule has 1 aliphatic rings. The summed E-state index contributed by atoms with van der Waals surface area (Å²) in [6.07, 6.45) is 1.63. The zero-order valence-corrected chi connectivity index (χ0v) is 14.6.